The van der Waals surface area contributed by atoms with Gasteiger partial charge in [-0.3, -0.25) is 0 Å². The van der Waals surface area contributed by atoms with Crippen LogP contribution in [0.15, 0.2) is 0 Å². The van der Waals surface area contributed by atoms with Crippen molar-refractivity contribution >= 4 is 11.7 Å². The summed E-state index contributed by atoms with van der Waals surface area (Å²) in [7, 11) is 9.35. The van der Waals surface area contributed by atoms with Crippen LogP contribution in [0.3, 0.4) is 0 Å². The van der Waals surface area contributed by atoms with Crippen molar-refractivity contribution < 1.29 is 33.2 Å². The summed E-state index contributed by atoms with van der Waals surface area (Å²) in [5.74, 6) is 1.52. The van der Waals surface area contributed by atoms with Crippen molar-refractivity contribution in [3.63, 3.8) is 0 Å². The van der Waals surface area contributed by atoms with E-state index >= 15 is 0 Å². The molecule has 0 radical (unpaired) electrons. The fourth-order valence-electron chi connectivity index (χ4n) is 3.88. The maximum Gasteiger partial charge on any atom is 0.328 e. The van der Waals surface area contributed by atoms with Crippen LogP contribution in [0.2, 0.25) is 0 Å². The maximum absolute atomic E-state index is 12.4. The fourth-order valence-corrected chi connectivity index (χ4v) is 3.88. The van der Waals surface area contributed by atoms with E-state index in [2.05, 4.69) is 0 Å². The molecular formula is C20H31NO7. The van der Waals surface area contributed by atoms with Crippen LogP contribution in [0, 0.1) is 6.92 Å². The number of benzene rings is 1. The zero-order chi connectivity index (χ0) is 20.8. The third kappa shape index (κ3) is 3.98. The van der Waals surface area contributed by atoms with E-state index in [1.54, 1.807) is 35.5 Å². The Kier molecular flexibility index (Phi) is 7.77. The molecule has 0 spiro atoms. The first kappa shape index (κ1) is 22.1. The minimum absolute atomic E-state index is 0.270. The van der Waals surface area contributed by atoms with E-state index in [4.69, 9.17) is 28.4 Å². The van der Waals surface area contributed by atoms with Gasteiger partial charge < -0.3 is 33.3 Å². The van der Waals surface area contributed by atoms with E-state index in [1.807, 2.05) is 11.8 Å². The molecule has 0 amide bonds. The second-order valence-corrected chi connectivity index (χ2v) is 6.53. The summed E-state index contributed by atoms with van der Waals surface area (Å²) in [6.45, 7) is 2.60. The molecule has 1 heterocycles. The molecule has 1 aliphatic rings. The lowest BCUT2D eigenvalue weighted by atomic mass is 10.00. The summed E-state index contributed by atoms with van der Waals surface area (Å²) in [6.07, 6.45) is 1.47. The number of esters is 1. The summed E-state index contributed by atoms with van der Waals surface area (Å²) in [6, 6.07) is -0.390. The number of anilines is 1. The highest BCUT2D eigenvalue weighted by atomic mass is 16.7. The van der Waals surface area contributed by atoms with Crippen LogP contribution < -0.4 is 19.1 Å². The Morgan fingerprint density at radius 3 is 2.11 bits per heavy atom. The zero-order valence-corrected chi connectivity index (χ0v) is 17.8. The zero-order valence-electron chi connectivity index (χ0n) is 17.8. The van der Waals surface area contributed by atoms with E-state index in [1.165, 1.54) is 7.11 Å². The van der Waals surface area contributed by atoms with E-state index in [0.717, 1.165) is 23.2 Å². The lowest BCUT2D eigenvalue weighted by Gasteiger charge is -2.32. The second kappa shape index (κ2) is 9.84. The minimum Gasteiger partial charge on any atom is -0.494 e. The predicted molar refractivity (Wildman–Crippen MR) is 105 cm³/mol. The van der Waals surface area contributed by atoms with Gasteiger partial charge in [0, 0.05) is 38.3 Å². The van der Waals surface area contributed by atoms with Gasteiger partial charge in [0.15, 0.2) is 17.8 Å². The Morgan fingerprint density at radius 2 is 1.61 bits per heavy atom. The van der Waals surface area contributed by atoms with Gasteiger partial charge in [-0.1, -0.05) is 0 Å². The Morgan fingerprint density at radius 1 is 1.00 bits per heavy atom. The standard InChI is InChI=1S/C20H31NO7/c1-12-17(25-4)16(21-10-8-9-14(21)20(22)28-7)13(11-15(23-2)24-3)19(27-6)18(12)26-5/h14-15H,8-11H2,1-7H3. The summed E-state index contributed by atoms with van der Waals surface area (Å²) in [5, 5.41) is 0. The Balaban J connectivity index is 2.76. The molecule has 1 aromatic rings. The van der Waals surface area contributed by atoms with Crippen LogP contribution in [0.4, 0.5) is 5.69 Å². The number of carbonyl (C=O) groups is 1. The Labute approximate surface area is 166 Å². The molecular weight excluding hydrogens is 366 g/mol. The molecule has 1 unspecified atom stereocenters. The third-order valence-corrected chi connectivity index (χ3v) is 5.18. The number of carbonyl (C=O) groups excluding carboxylic acids is 1. The van der Waals surface area contributed by atoms with Crippen molar-refractivity contribution in [3.8, 4) is 17.2 Å². The van der Waals surface area contributed by atoms with Crippen molar-refractivity contribution in [2.75, 3.05) is 54.1 Å². The number of hydrogen-bond donors (Lipinski definition) is 0. The van der Waals surface area contributed by atoms with Gasteiger partial charge in [0.2, 0.25) is 0 Å². The lowest BCUT2D eigenvalue weighted by molar-refractivity contribution is -0.141. The number of ether oxygens (including phenoxy) is 6. The highest BCUT2D eigenvalue weighted by Crippen LogP contribution is 2.50. The monoisotopic (exact) mass is 397 g/mol. The van der Waals surface area contributed by atoms with Crippen LogP contribution in [-0.2, 0) is 25.4 Å². The Hall–Kier alpha value is -2.19. The van der Waals surface area contributed by atoms with E-state index in [9.17, 15) is 4.79 Å². The lowest BCUT2D eigenvalue weighted by Crippen LogP contribution is -2.38. The first-order valence-electron chi connectivity index (χ1n) is 9.20. The van der Waals surface area contributed by atoms with Gasteiger partial charge in [0.25, 0.3) is 0 Å². The minimum atomic E-state index is -0.496. The maximum atomic E-state index is 12.4. The topological polar surface area (TPSA) is 75.7 Å². The third-order valence-electron chi connectivity index (χ3n) is 5.18. The number of nitrogens with zero attached hydrogens (tertiary/aromatic N) is 1. The van der Waals surface area contributed by atoms with Crippen molar-refractivity contribution in [2.24, 2.45) is 0 Å². The first-order chi connectivity index (χ1) is 13.5. The van der Waals surface area contributed by atoms with E-state index in [-0.39, 0.29) is 5.97 Å². The molecule has 28 heavy (non-hydrogen) atoms. The smallest absolute Gasteiger partial charge is 0.328 e. The first-order valence-corrected chi connectivity index (χ1v) is 9.20. The average Bonchev–Trinajstić information content (AvgIpc) is 3.20. The average molecular weight is 397 g/mol. The van der Waals surface area contributed by atoms with Crippen LogP contribution in [0.5, 0.6) is 17.2 Å². The van der Waals surface area contributed by atoms with Crippen molar-refractivity contribution in [1.82, 2.24) is 0 Å². The molecule has 1 saturated heterocycles. The molecule has 1 fully saturated rings. The van der Waals surface area contributed by atoms with E-state index in [0.29, 0.717) is 36.6 Å². The second-order valence-electron chi connectivity index (χ2n) is 6.53. The summed E-state index contributed by atoms with van der Waals surface area (Å²) in [4.78, 5) is 14.4. The van der Waals surface area contributed by atoms with Gasteiger partial charge in [0.1, 0.15) is 11.8 Å². The predicted octanol–water partition coefficient (Wildman–Crippen LogP) is 2.32. The van der Waals surface area contributed by atoms with Gasteiger partial charge >= 0.3 is 5.97 Å². The van der Waals surface area contributed by atoms with Crippen molar-refractivity contribution in [1.29, 1.82) is 0 Å². The van der Waals surface area contributed by atoms with Crippen LogP contribution in [-0.4, -0.2) is 67.5 Å². The summed E-state index contributed by atoms with van der Waals surface area (Å²) in [5.41, 5.74) is 2.37. The molecule has 1 aromatic carbocycles. The molecule has 158 valence electrons. The highest BCUT2D eigenvalue weighted by molar-refractivity contribution is 5.85. The molecule has 0 saturated carbocycles. The van der Waals surface area contributed by atoms with Gasteiger partial charge in [-0.15, -0.1) is 0 Å². The molecule has 1 aliphatic heterocycles. The van der Waals surface area contributed by atoms with Crippen LogP contribution in [0.25, 0.3) is 0 Å². The van der Waals surface area contributed by atoms with Gasteiger partial charge in [-0.05, 0) is 19.8 Å². The normalized spacial score (nSPS) is 16.4. The molecule has 8 nitrogen and oxygen atoms in total. The number of methoxy groups -OCH3 is 6. The molecule has 0 aliphatic carbocycles. The molecule has 0 aromatic heterocycles. The quantitative estimate of drug-likeness (QED) is 0.464. The van der Waals surface area contributed by atoms with E-state index < -0.39 is 12.3 Å². The largest absolute Gasteiger partial charge is 0.494 e. The summed E-state index contributed by atoms with van der Waals surface area (Å²) < 4.78 is 33.0. The fraction of sp³-hybridized carbons (Fsp3) is 0.650. The molecule has 0 N–H and O–H groups in total. The van der Waals surface area contributed by atoms with Gasteiger partial charge in [-0.2, -0.15) is 0 Å². The van der Waals surface area contributed by atoms with Crippen LogP contribution in [0.1, 0.15) is 24.0 Å². The number of rotatable bonds is 9. The number of hydrogen-bond acceptors (Lipinski definition) is 8. The summed E-state index contributed by atoms with van der Waals surface area (Å²) >= 11 is 0. The van der Waals surface area contributed by atoms with Gasteiger partial charge in [-0.25, -0.2) is 4.79 Å². The molecule has 2 rings (SSSR count). The van der Waals surface area contributed by atoms with Crippen LogP contribution >= 0.6 is 0 Å². The van der Waals surface area contributed by atoms with Crippen molar-refractivity contribution in [3.05, 3.63) is 11.1 Å². The molecule has 8 heteroatoms. The highest BCUT2D eigenvalue weighted by Gasteiger charge is 2.37. The molecule has 1 atom stereocenters. The Bertz CT molecular complexity index is 688. The molecule has 0 bridgehead atoms. The van der Waals surface area contributed by atoms with Crippen molar-refractivity contribution in [2.45, 2.75) is 38.5 Å². The SMILES string of the molecule is COC(=O)C1CCCN1c1c(CC(OC)OC)c(OC)c(OC)c(C)c1OC. The van der Waals surface area contributed by atoms with Gasteiger partial charge in [0.05, 0.1) is 34.1 Å².